The Bertz CT molecular complexity index is 452. The van der Waals surface area contributed by atoms with E-state index in [1.165, 1.54) is 0 Å². The molecule has 1 N–H and O–H groups in total. The lowest BCUT2D eigenvalue weighted by Crippen LogP contribution is -2.34. The van der Waals surface area contributed by atoms with Crippen LogP contribution in [0.15, 0.2) is 16.8 Å². The molecule has 0 saturated heterocycles. The van der Waals surface area contributed by atoms with Crippen molar-refractivity contribution in [3.8, 4) is 0 Å². The van der Waals surface area contributed by atoms with Gasteiger partial charge < -0.3 is 5.11 Å². The number of sulfonamides is 1. The summed E-state index contributed by atoms with van der Waals surface area (Å²) < 4.78 is 26.2. The van der Waals surface area contributed by atoms with Crippen molar-refractivity contribution < 1.29 is 13.5 Å². The standard InChI is InChI=1S/C12H19NO3S2/c14-6-1-2-8-18(15,16)13(12-3-4-12)9-11-5-7-17-10-11/h5,7,10,12,14H,1-4,6,8-9H2. The van der Waals surface area contributed by atoms with Crippen LogP contribution >= 0.6 is 11.3 Å². The van der Waals surface area contributed by atoms with E-state index >= 15 is 0 Å². The van der Waals surface area contributed by atoms with Gasteiger partial charge in [-0.15, -0.1) is 0 Å². The van der Waals surface area contributed by atoms with Crippen LogP contribution in [0.3, 0.4) is 0 Å². The summed E-state index contributed by atoms with van der Waals surface area (Å²) in [6, 6.07) is 2.17. The molecule has 0 aliphatic heterocycles. The summed E-state index contributed by atoms with van der Waals surface area (Å²) in [7, 11) is -3.18. The predicted molar refractivity (Wildman–Crippen MR) is 73.0 cm³/mol. The Morgan fingerprint density at radius 2 is 2.17 bits per heavy atom. The Balaban J connectivity index is 2.00. The lowest BCUT2D eigenvalue weighted by molar-refractivity contribution is 0.286. The van der Waals surface area contributed by atoms with E-state index in [-0.39, 0.29) is 18.4 Å². The zero-order valence-corrected chi connectivity index (χ0v) is 11.9. The molecule has 0 aromatic carbocycles. The van der Waals surface area contributed by atoms with Crippen molar-refractivity contribution in [3.63, 3.8) is 0 Å². The van der Waals surface area contributed by atoms with Gasteiger partial charge in [0.05, 0.1) is 5.75 Å². The fourth-order valence-corrected chi connectivity index (χ4v) is 4.37. The number of rotatable bonds is 8. The summed E-state index contributed by atoms with van der Waals surface area (Å²) in [5.74, 6) is 0.147. The molecule has 4 nitrogen and oxygen atoms in total. The Kier molecular flexibility index (Phi) is 4.77. The minimum Gasteiger partial charge on any atom is -0.396 e. The first-order valence-electron chi connectivity index (χ1n) is 6.25. The highest BCUT2D eigenvalue weighted by molar-refractivity contribution is 7.89. The normalized spacial score (nSPS) is 16.3. The molecule has 1 aromatic rings. The Hall–Kier alpha value is -0.430. The van der Waals surface area contributed by atoms with E-state index in [0.29, 0.717) is 19.4 Å². The second kappa shape index (κ2) is 6.14. The van der Waals surface area contributed by atoms with Crippen LogP contribution in [-0.4, -0.2) is 36.2 Å². The van der Waals surface area contributed by atoms with Gasteiger partial charge in [-0.25, -0.2) is 8.42 Å². The molecule has 0 spiro atoms. The van der Waals surface area contributed by atoms with Gasteiger partial charge in [-0.3, -0.25) is 0 Å². The number of hydrogen-bond donors (Lipinski definition) is 1. The number of thiophene rings is 1. The summed E-state index contributed by atoms with van der Waals surface area (Å²) in [6.07, 6.45) is 3.04. The topological polar surface area (TPSA) is 57.6 Å². The highest BCUT2D eigenvalue weighted by atomic mass is 32.2. The van der Waals surface area contributed by atoms with Gasteiger partial charge in [0, 0.05) is 19.2 Å². The van der Waals surface area contributed by atoms with Gasteiger partial charge in [-0.2, -0.15) is 15.6 Å². The van der Waals surface area contributed by atoms with E-state index in [2.05, 4.69) is 0 Å². The molecule has 1 aliphatic carbocycles. The molecule has 0 unspecified atom stereocenters. The van der Waals surface area contributed by atoms with Gasteiger partial charge in [-0.05, 0) is 48.1 Å². The molecule has 1 aromatic heterocycles. The fraction of sp³-hybridized carbons (Fsp3) is 0.667. The number of unbranched alkanes of at least 4 members (excludes halogenated alkanes) is 1. The molecule has 0 atom stereocenters. The van der Waals surface area contributed by atoms with Crippen molar-refractivity contribution in [1.82, 2.24) is 4.31 Å². The summed E-state index contributed by atoms with van der Waals surface area (Å²) >= 11 is 1.59. The van der Waals surface area contributed by atoms with Gasteiger partial charge in [0.2, 0.25) is 10.0 Å². The van der Waals surface area contributed by atoms with E-state index in [9.17, 15) is 8.42 Å². The third-order valence-corrected chi connectivity index (χ3v) is 5.72. The van der Waals surface area contributed by atoms with Gasteiger partial charge in [0.25, 0.3) is 0 Å². The molecule has 1 saturated carbocycles. The van der Waals surface area contributed by atoms with Gasteiger partial charge in [0.1, 0.15) is 0 Å². The minimum absolute atomic E-state index is 0.0590. The third-order valence-electron chi connectivity index (χ3n) is 3.04. The molecule has 1 aliphatic rings. The van der Waals surface area contributed by atoms with E-state index in [1.807, 2.05) is 16.8 Å². The number of aliphatic hydroxyl groups excluding tert-OH is 1. The number of hydrogen-bond acceptors (Lipinski definition) is 4. The lowest BCUT2D eigenvalue weighted by atomic mass is 10.3. The van der Waals surface area contributed by atoms with Crippen LogP contribution in [0.2, 0.25) is 0 Å². The minimum atomic E-state index is -3.18. The van der Waals surface area contributed by atoms with E-state index in [0.717, 1.165) is 18.4 Å². The van der Waals surface area contributed by atoms with E-state index in [1.54, 1.807) is 15.6 Å². The quantitative estimate of drug-likeness (QED) is 0.743. The predicted octanol–water partition coefficient (Wildman–Crippen LogP) is 1.81. The lowest BCUT2D eigenvalue weighted by Gasteiger charge is -2.21. The monoisotopic (exact) mass is 289 g/mol. The van der Waals surface area contributed by atoms with Gasteiger partial charge >= 0.3 is 0 Å². The van der Waals surface area contributed by atoms with Crippen molar-refractivity contribution in [3.05, 3.63) is 22.4 Å². The third kappa shape index (κ3) is 3.78. The SMILES string of the molecule is O=S(=O)(CCCCO)N(Cc1ccsc1)C1CC1. The van der Waals surface area contributed by atoms with Crippen LogP contribution in [0, 0.1) is 0 Å². The molecular formula is C12H19NO3S2. The van der Waals surface area contributed by atoms with Crippen LogP contribution in [0.1, 0.15) is 31.2 Å². The largest absolute Gasteiger partial charge is 0.396 e. The Labute approximate surface area is 112 Å². The summed E-state index contributed by atoms with van der Waals surface area (Å²) in [5.41, 5.74) is 1.07. The summed E-state index contributed by atoms with van der Waals surface area (Å²) in [6.45, 7) is 0.555. The highest BCUT2D eigenvalue weighted by Gasteiger charge is 2.36. The van der Waals surface area contributed by atoms with Crippen LogP contribution < -0.4 is 0 Å². The maximum Gasteiger partial charge on any atom is 0.214 e. The van der Waals surface area contributed by atoms with Crippen LogP contribution in [0.25, 0.3) is 0 Å². The maximum absolute atomic E-state index is 12.3. The van der Waals surface area contributed by atoms with Crippen LogP contribution in [-0.2, 0) is 16.6 Å². The molecule has 1 fully saturated rings. The molecule has 0 amide bonds. The number of aliphatic hydroxyl groups is 1. The molecule has 102 valence electrons. The molecule has 2 rings (SSSR count). The molecule has 1 heterocycles. The second-order valence-corrected chi connectivity index (χ2v) is 7.48. The van der Waals surface area contributed by atoms with Crippen molar-refractivity contribution in [2.24, 2.45) is 0 Å². The first kappa shape index (κ1) is 14.0. The molecule has 0 radical (unpaired) electrons. The van der Waals surface area contributed by atoms with Crippen molar-refractivity contribution in [2.75, 3.05) is 12.4 Å². The average Bonchev–Trinajstić information content (AvgIpc) is 3.03. The molecular weight excluding hydrogens is 270 g/mol. The molecule has 0 bridgehead atoms. The Morgan fingerprint density at radius 1 is 1.39 bits per heavy atom. The number of nitrogens with zero attached hydrogens (tertiary/aromatic N) is 1. The first-order chi connectivity index (χ1) is 8.63. The molecule has 18 heavy (non-hydrogen) atoms. The zero-order chi connectivity index (χ0) is 13.0. The van der Waals surface area contributed by atoms with Crippen molar-refractivity contribution in [2.45, 2.75) is 38.3 Å². The van der Waals surface area contributed by atoms with Gasteiger partial charge in [-0.1, -0.05) is 0 Å². The van der Waals surface area contributed by atoms with Crippen LogP contribution in [0.4, 0.5) is 0 Å². The summed E-state index contributed by atoms with van der Waals surface area (Å²) in [4.78, 5) is 0. The van der Waals surface area contributed by atoms with E-state index in [4.69, 9.17) is 5.11 Å². The second-order valence-electron chi connectivity index (χ2n) is 4.65. The van der Waals surface area contributed by atoms with Crippen molar-refractivity contribution in [1.29, 1.82) is 0 Å². The molecule has 6 heteroatoms. The Morgan fingerprint density at radius 3 is 2.72 bits per heavy atom. The van der Waals surface area contributed by atoms with Crippen molar-refractivity contribution >= 4 is 21.4 Å². The fourth-order valence-electron chi connectivity index (χ4n) is 1.89. The highest BCUT2D eigenvalue weighted by Crippen LogP contribution is 2.31. The van der Waals surface area contributed by atoms with E-state index < -0.39 is 10.0 Å². The smallest absolute Gasteiger partial charge is 0.214 e. The van der Waals surface area contributed by atoms with Gasteiger partial charge in [0.15, 0.2) is 0 Å². The van der Waals surface area contributed by atoms with Crippen LogP contribution in [0.5, 0.6) is 0 Å². The first-order valence-corrected chi connectivity index (χ1v) is 8.80. The zero-order valence-electron chi connectivity index (χ0n) is 10.3. The summed E-state index contributed by atoms with van der Waals surface area (Å²) in [5, 5.41) is 12.7. The average molecular weight is 289 g/mol. The maximum atomic E-state index is 12.3.